The summed E-state index contributed by atoms with van der Waals surface area (Å²) in [7, 11) is 0. The first-order valence-electron chi connectivity index (χ1n) is 20.6. The highest BCUT2D eigenvalue weighted by atomic mass is 15.1. The minimum Gasteiger partial charge on any atom is -0.310 e. The molecular formula is C58H40N2. The molecule has 10 aromatic carbocycles. The van der Waals surface area contributed by atoms with Crippen molar-refractivity contribution in [3.8, 4) is 50.2 Å². The summed E-state index contributed by atoms with van der Waals surface area (Å²) in [6.07, 6.45) is 0. The van der Waals surface area contributed by atoms with Crippen molar-refractivity contribution in [3.63, 3.8) is 0 Å². The SMILES string of the molecule is c1ccc(-c2ccccc2N(c2ccc(-c3ccc4ccccc4c3)cc2)c2ccc(-c3cccc(-n4c5ccccc5c5ccccc54)c3-c3ccccc3)cc2)cc1. The van der Waals surface area contributed by atoms with Crippen LogP contribution >= 0.6 is 0 Å². The summed E-state index contributed by atoms with van der Waals surface area (Å²) in [5.74, 6) is 0. The normalized spacial score (nSPS) is 11.3. The first-order chi connectivity index (χ1) is 29.8. The summed E-state index contributed by atoms with van der Waals surface area (Å²) in [6.45, 7) is 0. The topological polar surface area (TPSA) is 8.17 Å². The second-order valence-electron chi connectivity index (χ2n) is 15.3. The monoisotopic (exact) mass is 764 g/mol. The molecule has 2 heteroatoms. The molecule has 0 aliphatic carbocycles. The molecule has 1 aromatic heterocycles. The first-order valence-corrected chi connectivity index (χ1v) is 20.6. The van der Waals surface area contributed by atoms with Gasteiger partial charge in [0.1, 0.15) is 0 Å². The van der Waals surface area contributed by atoms with E-state index in [1.54, 1.807) is 0 Å². The number of anilines is 3. The van der Waals surface area contributed by atoms with Crippen molar-refractivity contribution in [2.75, 3.05) is 4.90 Å². The van der Waals surface area contributed by atoms with Crippen LogP contribution in [-0.2, 0) is 0 Å². The van der Waals surface area contributed by atoms with E-state index in [9.17, 15) is 0 Å². The molecule has 0 atom stereocenters. The molecule has 0 bridgehead atoms. The largest absolute Gasteiger partial charge is 0.310 e. The Morgan fingerprint density at radius 2 is 0.800 bits per heavy atom. The third-order valence-corrected chi connectivity index (χ3v) is 11.8. The maximum atomic E-state index is 2.44. The standard InChI is InChI=1S/C58H40N2/c1-3-17-43(18-4-1)50-22-9-12-26-54(50)59(48-36-32-42(33-37-48)47-31-30-41-16-7-8-21-46(41)40-47)49-38-34-44(35-39-49)51-25-15-29-57(58(51)45-19-5-2-6-20-45)60-55-27-13-10-23-52(55)53-24-11-14-28-56(53)60/h1-40H. The Hall–Kier alpha value is -7.94. The quantitative estimate of drug-likeness (QED) is 0.150. The van der Waals surface area contributed by atoms with Crippen LogP contribution in [0.3, 0.4) is 0 Å². The van der Waals surface area contributed by atoms with Gasteiger partial charge in [0, 0.05) is 33.3 Å². The lowest BCUT2D eigenvalue weighted by atomic mass is 9.92. The molecule has 0 saturated carbocycles. The highest BCUT2D eigenvalue weighted by molar-refractivity contribution is 6.10. The molecule has 0 aliphatic heterocycles. The Labute approximate surface area is 350 Å². The molecule has 0 N–H and O–H groups in total. The number of para-hydroxylation sites is 3. The number of hydrogen-bond acceptors (Lipinski definition) is 1. The van der Waals surface area contributed by atoms with Crippen LogP contribution < -0.4 is 4.90 Å². The third-order valence-electron chi connectivity index (χ3n) is 11.8. The lowest BCUT2D eigenvalue weighted by Gasteiger charge is -2.28. The van der Waals surface area contributed by atoms with Gasteiger partial charge in [-0.05, 0) is 98.8 Å². The number of hydrogen-bond donors (Lipinski definition) is 0. The van der Waals surface area contributed by atoms with Crippen molar-refractivity contribution in [2.45, 2.75) is 0 Å². The van der Waals surface area contributed by atoms with Crippen molar-refractivity contribution in [3.05, 3.63) is 243 Å². The van der Waals surface area contributed by atoms with Crippen molar-refractivity contribution in [2.24, 2.45) is 0 Å². The fourth-order valence-electron chi connectivity index (χ4n) is 8.98. The fourth-order valence-corrected chi connectivity index (χ4v) is 8.98. The Bertz CT molecular complexity index is 3240. The second-order valence-corrected chi connectivity index (χ2v) is 15.3. The van der Waals surface area contributed by atoms with Gasteiger partial charge in [0.15, 0.2) is 0 Å². The second kappa shape index (κ2) is 15.1. The van der Waals surface area contributed by atoms with Crippen molar-refractivity contribution < 1.29 is 0 Å². The van der Waals surface area contributed by atoms with Gasteiger partial charge in [0.2, 0.25) is 0 Å². The van der Waals surface area contributed by atoms with Crippen LogP contribution in [0.2, 0.25) is 0 Å². The molecule has 0 saturated heterocycles. The highest BCUT2D eigenvalue weighted by Crippen LogP contribution is 2.44. The number of benzene rings is 10. The molecule has 60 heavy (non-hydrogen) atoms. The molecule has 0 radical (unpaired) electrons. The summed E-state index contributed by atoms with van der Waals surface area (Å²) in [4.78, 5) is 2.39. The van der Waals surface area contributed by atoms with E-state index < -0.39 is 0 Å². The van der Waals surface area contributed by atoms with E-state index in [1.807, 2.05) is 0 Å². The maximum Gasteiger partial charge on any atom is 0.0546 e. The average molecular weight is 765 g/mol. The molecule has 0 spiro atoms. The van der Waals surface area contributed by atoms with Crippen LogP contribution in [-0.4, -0.2) is 4.57 Å². The van der Waals surface area contributed by atoms with Gasteiger partial charge in [0.25, 0.3) is 0 Å². The van der Waals surface area contributed by atoms with Gasteiger partial charge in [-0.15, -0.1) is 0 Å². The molecular weight excluding hydrogens is 725 g/mol. The van der Waals surface area contributed by atoms with Gasteiger partial charge < -0.3 is 9.47 Å². The zero-order chi connectivity index (χ0) is 39.8. The van der Waals surface area contributed by atoms with E-state index in [2.05, 4.69) is 252 Å². The number of rotatable bonds is 8. The number of aromatic nitrogens is 1. The Balaban J connectivity index is 1.06. The molecule has 11 rings (SSSR count). The molecule has 282 valence electrons. The zero-order valence-electron chi connectivity index (χ0n) is 33.0. The van der Waals surface area contributed by atoms with E-state index in [4.69, 9.17) is 0 Å². The van der Waals surface area contributed by atoms with E-state index in [-0.39, 0.29) is 0 Å². The van der Waals surface area contributed by atoms with E-state index in [0.29, 0.717) is 0 Å². The summed E-state index contributed by atoms with van der Waals surface area (Å²) >= 11 is 0. The summed E-state index contributed by atoms with van der Waals surface area (Å²) in [6, 6.07) is 87.9. The predicted molar refractivity (Wildman–Crippen MR) is 255 cm³/mol. The van der Waals surface area contributed by atoms with Crippen LogP contribution in [0.25, 0.3) is 82.8 Å². The molecule has 1 heterocycles. The van der Waals surface area contributed by atoms with Gasteiger partial charge in [-0.25, -0.2) is 0 Å². The lowest BCUT2D eigenvalue weighted by Crippen LogP contribution is -2.11. The number of nitrogens with zero attached hydrogens (tertiary/aromatic N) is 2. The molecule has 0 aliphatic rings. The van der Waals surface area contributed by atoms with Gasteiger partial charge in [0.05, 0.1) is 22.4 Å². The van der Waals surface area contributed by atoms with Crippen molar-refractivity contribution >= 4 is 49.6 Å². The van der Waals surface area contributed by atoms with Crippen LogP contribution in [0.1, 0.15) is 0 Å². The molecule has 11 aromatic rings. The molecule has 0 amide bonds. The number of fused-ring (bicyclic) bond motifs is 4. The van der Waals surface area contributed by atoms with Crippen LogP contribution in [0.15, 0.2) is 243 Å². The van der Waals surface area contributed by atoms with Crippen LogP contribution in [0, 0.1) is 0 Å². The summed E-state index contributed by atoms with van der Waals surface area (Å²) < 4.78 is 2.44. The molecule has 2 nitrogen and oxygen atoms in total. The van der Waals surface area contributed by atoms with Crippen molar-refractivity contribution in [1.82, 2.24) is 4.57 Å². The predicted octanol–water partition coefficient (Wildman–Crippen LogP) is 16.1. The minimum absolute atomic E-state index is 1.08. The first kappa shape index (κ1) is 35.2. The van der Waals surface area contributed by atoms with Gasteiger partial charge in [-0.2, -0.15) is 0 Å². The summed E-state index contributed by atoms with van der Waals surface area (Å²) in [5, 5.41) is 5.00. The third kappa shape index (κ3) is 6.23. The zero-order valence-corrected chi connectivity index (χ0v) is 33.0. The highest BCUT2D eigenvalue weighted by Gasteiger charge is 2.21. The summed E-state index contributed by atoms with van der Waals surface area (Å²) in [5.41, 5.74) is 16.3. The molecule has 0 unspecified atom stereocenters. The van der Waals surface area contributed by atoms with Crippen LogP contribution in [0.5, 0.6) is 0 Å². The lowest BCUT2D eigenvalue weighted by molar-refractivity contribution is 1.18. The fraction of sp³-hybridized carbons (Fsp3) is 0. The average Bonchev–Trinajstić information content (AvgIpc) is 3.67. The maximum absolute atomic E-state index is 2.44. The van der Waals surface area contributed by atoms with Crippen LogP contribution in [0.4, 0.5) is 17.1 Å². The van der Waals surface area contributed by atoms with Gasteiger partial charge in [-0.1, -0.05) is 188 Å². The van der Waals surface area contributed by atoms with Gasteiger partial charge >= 0.3 is 0 Å². The molecule has 0 fully saturated rings. The van der Waals surface area contributed by atoms with E-state index in [1.165, 1.54) is 71.5 Å². The van der Waals surface area contributed by atoms with E-state index in [0.717, 1.165) is 28.3 Å². The smallest absolute Gasteiger partial charge is 0.0546 e. The Morgan fingerprint density at radius 3 is 1.48 bits per heavy atom. The Morgan fingerprint density at radius 1 is 0.300 bits per heavy atom. The van der Waals surface area contributed by atoms with E-state index >= 15 is 0 Å². The minimum atomic E-state index is 1.08. The van der Waals surface area contributed by atoms with Crippen molar-refractivity contribution in [1.29, 1.82) is 0 Å². The van der Waals surface area contributed by atoms with Gasteiger partial charge in [-0.3, -0.25) is 0 Å². The Kier molecular flexibility index (Phi) is 8.87.